The van der Waals surface area contributed by atoms with Crippen LogP contribution in [0.3, 0.4) is 0 Å². The predicted molar refractivity (Wildman–Crippen MR) is 89.4 cm³/mol. The third-order valence-electron chi connectivity index (χ3n) is 3.90. The molecule has 1 aliphatic rings. The normalized spacial score (nSPS) is 18.8. The largest absolute Gasteiger partial charge is 0.392 e. The standard InChI is InChI=1S/C15H24N4S/c1-17(2)13-6-4-12(5-7-13)14(15(16)20)19-10-8-18(3)9-11-19/h4-7,14H,8-11H2,1-3H3,(H2,16,20). The number of hydrogen-bond acceptors (Lipinski definition) is 4. The second-order valence-corrected chi connectivity index (χ2v) is 6.10. The number of benzene rings is 1. The van der Waals surface area contributed by atoms with Crippen LogP contribution in [0.15, 0.2) is 24.3 Å². The lowest BCUT2D eigenvalue weighted by molar-refractivity contribution is 0.137. The summed E-state index contributed by atoms with van der Waals surface area (Å²) < 4.78 is 0. The van der Waals surface area contributed by atoms with Gasteiger partial charge < -0.3 is 15.5 Å². The van der Waals surface area contributed by atoms with Crippen molar-refractivity contribution in [1.82, 2.24) is 9.80 Å². The maximum Gasteiger partial charge on any atom is 0.0948 e. The van der Waals surface area contributed by atoms with Crippen molar-refractivity contribution in [3.05, 3.63) is 29.8 Å². The Morgan fingerprint density at radius 3 is 2.15 bits per heavy atom. The first-order valence-corrected chi connectivity index (χ1v) is 7.39. The Balaban J connectivity index is 2.18. The zero-order valence-corrected chi connectivity index (χ0v) is 13.4. The van der Waals surface area contributed by atoms with Crippen LogP contribution in [0, 0.1) is 0 Å². The van der Waals surface area contributed by atoms with E-state index in [4.69, 9.17) is 18.0 Å². The van der Waals surface area contributed by atoms with Crippen molar-refractivity contribution in [2.45, 2.75) is 6.04 Å². The van der Waals surface area contributed by atoms with E-state index >= 15 is 0 Å². The lowest BCUT2D eigenvalue weighted by Gasteiger charge is -2.37. The number of piperazine rings is 1. The van der Waals surface area contributed by atoms with Crippen LogP contribution >= 0.6 is 12.2 Å². The maximum absolute atomic E-state index is 6.00. The number of nitrogens with zero attached hydrogens (tertiary/aromatic N) is 3. The van der Waals surface area contributed by atoms with Crippen molar-refractivity contribution in [1.29, 1.82) is 0 Å². The Labute approximate surface area is 127 Å². The van der Waals surface area contributed by atoms with E-state index in [0.717, 1.165) is 26.2 Å². The monoisotopic (exact) mass is 292 g/mol. The van der Waals surface area contributed by atoms with Gasteiger partial charge in [-0.15, -0.1) is 0 Å². The highest BCUT2D eigenvalue weighted by Gasteiger charge is 2.25. The lowest BCUT2D eigenvalue weighted by atomic mass is 10.0. The fourth-order valence-electron chi connectivity index (χ4n) is 2.59. The van der Waals surface area contributed by atoms with Crippen molar-refractivity contribution in [2.24, 2.45) is 5.73 Å². The summed E-state index contributed by atoms with van der Waals surface area (Å²) in [7, 11) is 6.24. The molecule has 2 rings (SSSR count). The third-order valence-corrected chi connectivity index (χ3v) is 4.12. The van der Waals surface area contributed by atoms with Gasteiger partial charge in [0.1, 0.15) is 0 Å². The molecule has 0 aliphatic carbocycles. The van der Waals surface area contributed by atoms with Crippen LogP contribution in [-0.4, -0.2) is 62.1 Å². The Kier molecular flexibility index (Phi) is 4.96. The molecule has 2 N–H and O–H groups in total. The van der Waals surface area contributed by atoms with Crippen LogP contribution in [0.1, 0.15) is 11.6 Å². The molecule has 1 aromatic rings. The Morgan fingerprint density at radius 2 is 1.70 bits per heavy atom. The highest BCUT2D eigenvalue weighted by Crippen LogP contribution is 2.24. The Hall–Kier alpha value is -1.17. The number of rotatable bonds is 4. The van der Waals surface area contributed by atoms with Gasteiger partial charge in [0, 0.05) is 46.0 Å². The van der Waals surface area contributed by atoms with E-state index in [1.54, 1.807) is 0 Å². The molecule has 110 valence electrons. The summed E-state index contributed by atoms with van der Waals surface area (Å²) >= 11 is 5.31. The highest BCUT2D eigenvalue weighted by atomic mass is 32.1. The summed E-state index contributed by atoms with van der Waals surface area (Å²) in [5.74, 6) is 0. The van der Waals surface area contributed by atoms with Crippen LogP contribution in [-0.2, 0) is 0 Å². The molecule has 0 spiro atoms. The summed E-state index contributed by atoms with van der Waals surface area (Å²) in [6, 6.07) is 8.57. The van der Waals surface area contributed by atoms with Crippen molar-refractivity contribution in [2.75, 3.05) is 52.2 Å². The van der Waals surface area contributed by atoms with E-state index < -0.39 is 0 Å². The molecule has 1 aromatic carbocycles. The minimum atomic E-state index is 0.0508. The molecule has 0 amide bonds. The van der Waals surface area contributed by atoms with E-state index in [0.29, 0.717) is 4.99 Å². The minimum absolute atomic E-state index is 0.0508. The molecule has 4 nitrogen and oxygen atoms in total. The second-order valence-electron chi connectivity index (χ2n) is 5.63. The summed E-state index contributed by atoms with van der Waals surface area (Å²) in [4.78, 5) is 7.37. The minimum Gasteiger partial charge on any atom is -0.392 e. The van der Waals surface area contributed by atoms with E-state index in [2.05, 4.69) is 46.0 Å². The van der Waals surface area contributed by atoms with Crippen molar-refractivity contribution in [3.8, 4) is 0 Å². The highest BCUT2D eigenvalue weighted by molar-refractivity contribution is 7.80. The first-order chi connectivity index (χ1) is 9.49. The van der Waals surface area contributed by atoms with Gasteiger partial charge in [-0.25, -0.2) is 0 Å². The van der Waals surface area contributed by atoms with Crippen molar-refractivity contribution >= 4 is 22.9 Å². The first-order valence-electron chi connectivity index (χ1n) is 6.98. The van der Waals surface area contributed by atoms with Gasteiger partial charge in [-0.2, -0.15) is 0 Å². The average Bonchev–Trinajstić information content (AvgIpc) is 2.41. The van der Waals surface area contributed by atoms with E-state index in [1.165, 1.54) is 11.3 Å². The molecule has 0 aromatic heterocycles. The maximum atomic E-state index is 6.00. The van der Waals surface area contributed by atoms with Crippen molar-refractivity contribution < 1.29 is 0 Å². The smallest absolute Gasteiger partial charge is 0.0948 e. The molecular formula is C15H24N4S. The zero-order chi connectivity index (χ0) is 14.7. The lowest BCUT2D eigenvalue weighted by Crippen LogP contribution is -2.48. The molecular weight excluding hydrogens is 268 g/mol. The van der Waals surface area contributed by atoms with Gasteiger partial charge in [-0.1, -0.05) is 24.4 Å². The third kappa shape index (κ3) is 3.48. The SMILES string of the molecule is CN1CCN(C(C(N)=S)c2ccc(N(C)C)cc2)CC1. The average molecular weight is 292 g/mol. The van der Waals surface area contributed by atoms with Crippen LogP contribution < -0.4 is 10.6 Å². The Morgan fingerprint density at radius 1 is 1.15 bits per heavy atom. The molecule has 0 saturated carbocycles. The van der Waals surface area contributed by atoms with Crippen molar-refractivity contribution in [3.63, 3.8) is 0 Å². The quantitative estimate of drug-likeness (QED) is 0.847. The van der Waals surface area contributed by atoms with Gasteiger partial charge in [0.2, 0.25) is 0 Å². The van der Waals surface area contributed by atoms with Crippen LogP contribution in [0.5, 0.6) is 0 Å². The summed E-state index contributed by atoms with van der Waals surface area (Å²) in [5.41, 5.74) is 8.37. The zero-order valence-electron chi connectivity index (χ0n) is 12.5. The number of thiocarbonyl (C=S) groups is 1. The first kappa shape index (κ1) is 15.2. The van der Waals surface area contributed by atoms with Gasteiger partial charge in [0.15, 0.2) is 0 Å². The number of nitrogens with two attached hydrogens (primary N) is 1. The molecule has 5 heteroatoms. The molecule has 20 heavy (non-hydrogen) atoms. The van der Waals surface area contributed by atoms with E-state index in [1.807, 2.05) is 14.1 Å². The van der Waals surface area contributed by atoms with Gasteiger partial charge in [0.05, 0.1) is 11.0 Å². The topological polar surface area (TPSA) is 35.7 Å². The van der Waals surface area contributed by atoms with Crippen LogP contribution in [0.25, 0.3) is 0 Å². The van der Waals surface area contributed by atoms with E-state index in [-0.39, 0.29) is 6.04 Å². The Bertz CT molecular complexity index is 449. The van der Waals surface area contributed by atoms with Crippen LogP contribution in [0.4, 0.5) is 5.69 Å². The molecule has 1 unspecified atom stereocenters. The van der Waals surface area contributed by atoms with Gasteiger partial charge in [-0.05, 0) is 24.7 Å². The number of likely N-dealkylation sites (N-methyl/N-ethyl adjacent to an activating group) is 1. The fourth-order valence-corrected chi connectivity index (χ4v) is 2.88. The van der Waals surface area contributed by atoms with Gasteiger partial charge in [-0.3, -0.25) is 4.90 Å². The molecule has 1 aliphatic heterocycles. The van der Waals surface area contributed by atoms with E-state index in [9.17, 15) is 0 Å². The molecule has 0 radical (unpaired) electrons. The molecule has 1 saturated heterocycles. The van der Waals surface area contributed by atoms with Crippen LogP contribution in [0.2, 0.25) is 0 Å². The fraction of sp³-hybridized carbons (Fsp3) is 0.533. The predicted octanol–water partition coefficient (Wildman–Crippen LogP) is 1.33. The molecule has 1 atom stereocenters. The number of anilines is 1. The number of hydrogen-bond donors (Lipinski definition) is 1. The molecule has 1 heterocycles. The van der Waals surface area contributed by atoms with Gasteiger partial charge >= 0.3 is 0 Å². The second kappa shape index (κ2) is 6.52. The summed E-state index contributed by atoms with van der Waals surface area (Å²) in [6.07, 6.45) is 0. The molecule has 0 bridgehead atoms. The summed E-state index contributed by atoms with van der Waals surface area (Å²) in [6.45, 7) is 4.14. The summed E-state index contributed by atoms with van der Waals surface area (Å²) in [5, 5.41) is 0. The van der Waals surface area contributed by atoms with Gasteiger partial charge in [0.25, 0.3) is 0 Å². The molecule has 1 fully saturated rings.